The zero-order valence-corrected chi connectivity index (χ0v) is 23.5. The van der Waals surface area contributed by atoms with Gasteiger partial charge >= 0.3 is 6.01 Å². The molecule has 0 spiro atoms. The molecule has 3 aromatic heterocycles. The molecule has 2 unspecified atom stereocenters. The number of fused-ring (bicyclic) bond motifs is 2. The number of rotatable bonds is 5. The van der Waals surface area contributed by atoms with E-state index in [-0.39, 0.29) is 39.7 Å². The van der Waals surface area contributed by atoms with Crippen molar-refractivity contribution in [2.45, 2.75) is 13.0 Å². The maximum absolute atomic E-state index is 14.8. The lowest BCUT2D eigenvalue weighted by Gasteiger charge is -2.35. The van der Waals surface area contributed by atoms with Gasteiger partial charge in [-0.15, -0.1) is 0 Å². The standard InChI is InChI=1S/C27H27Cl2FN8O2/c1-4-21(39)37-5-7-38(8-6-37)26-15-9-17(28)24(22-16-11-31-35-19(16)10-18(30)23(22)29)32-25(15)33-27(34-26)40-20-13-36(3)12-14(20)2/h4,9-11,14,20H,1,5-8,12-13H2,2-3H3,(H,31,35). The van der Waals surface area contributed by atoms with Crippen molar-refractivity contribution in [3.63, 3.8) is 0 Å². The number of likely N-dealkylation sites (N-methyl/N-ethyl adjacent to an activating group) is 1. The van der Waals surface area contributed by atoms with Crippen molar-refractivity contribution < 1.29 is 13.9 Å². The number of amides is 1. The first kappa shape index (κ1) is 26.7. The minimum Gasteiger partial charge on any atom is -0.458 e. The van der Waals surface area contributed by atoms with Gasteiger partial charge in [0.25, 0.3) is 0 Å². The molecule has 0 aliphatic carbocycles. The van der Waals surface area contributed by atoms with E-state index in [2.05, 4.69) is 38.5 Å². The molecule has 0 radical (unpaired) electrons. The van der Waals surface area contributed by atoms with Gasteiger partial charge in [0.1, 0.15) is 17.7 Å². The van der Waals surface area contributed by atoms with Gasteiger partial charge in [-0.25, -0.2) is 9.37 Å². The first-order chi connectivity index (χ1) is 19.2. The highest BCUT2D eigenvalue weighted by molar-refractivity contribution is 6.38. The summed E-state index contributed by atoms with van der Waals surface area (Å²) in [5.74, 6) is 0.160. The van der Waals surface area contributed by atoms with Crippen LogP contribution in [-0.4, -0.2) is 93.3 Å². The lowest BCUT2D eigenvalue weighted by Crippen LogP contribution is -2.48. The van der Waals surface area contributed by atoms with Crippen LogP contribution in [-0.2, 0) is 4.79 Å². The second kappa shape index (κ2) is 10.5. The van der Waals surface area contributed by atoms with Crippen molar-refractivity contribution in [2.75, 3.05) is 51.2 Å². The highest BCUT2D eigenvalue weighted by Crippen LogP contribution is 2.41. The SMILES string of the molecule is C=CC(=O)N1CCN(c2nc(OC3CN(C)CC3C)nc3nc(-c4c(Cl)c(F)cc5[nH]ncc45)c(Cl)cc23)CC1. The molecule has 10 nitrogen and oxygen atoms in total. The summed E-state index contributed by atoms with van der Waals surface area (Å²) in [6.45, 7) is 9.46. The van der Waals surface area contributed by atoms with Crippen LogP contribution in [0.1, 0.15) is 6.92 Å². The van der Waals surface area contributed by atoms with Crippen molar-refractivity contribution in [1.29, 1.82) is 0 Å². The lowest BCUT2D eigenvalue weighted by atomic mass is 10.1. The molecule has 13 heteroatoms. The number of aromatic nitrogens is 5. The molecule has 0 bridgehead atoms. The molecule has 4 aromatic rings. The quantitative estimate of drug-likeness (QED) is 0.348. The Balaban J connectivity index is 1.48. The molecule has 40 heavy (non-hydrogen) atoms. The summed E-state index contributed by atoms with van der Waals surface area (Å²) in [5, 5.41) is 8.14. The third-order valence-corrected chi connectivity index (χ3v) is 8.18. The van der Waals surface area contributed by atoms with Crippen LogP contribution in [0.2, 0.25) is 10.0 Å². The fourth-order valence-corrected chi connectivity index (χ4v) is 5.95. The number of hydrogen-bond acceptors (Lipinski definition) is 8. The molecule has 2 fully saturated rings. The predicted octanol–water partition coefficient (Wildman–Crippen LogP) is 4.18. The van der Waals surface area contributed by atoms with Crippen LogP contribution >= 0.6 is 23.2 Å². The van der Waals surface area contributed by atoms with Gasteiger partial charge in [0.05, 0.1) is 32.8 Å². The molecule has 6 rings (SSSR count). The normalized spacial score (nSPS) is 20.0. The van der Waals surface area contributed by atoms with Crippen LogP contribution in [0.5, 0.6) is 6.01 Å². The topological polar surface area (TPSA) is 103 Å². The van der Waals surface area contributed by atoms with Gasteiger partial charge in [-0.3, -0.25) is 9.89 Å². The first-order valence-corrected chi connectivity index (χ1v) is 13.7. The van der Waals surface area contributed by atoms with Gasteiger partial charge in [0.2, 0.25) is 5.91 Å². The molecule has 1 N–H and O–H groups in total. The molecular weight excluding hydrogens is 558 g/mol. The number of ether oxygens (including phenoxy) is 1. The molecule has 2 aliphatic rings. The van der Waals surface area contributed by atoms with Gasteiger partial charge in [0.15, 0.2) is 5.65 Å². The van der Waals surface area contributed by atoms with E-state index < -0.39 is 5.82 Å². The number of aromatic amines is 1. The second-order valence-electron chi connectivity index (χ2n) is 10.3. The molecule has 0 saturated carbocycles. The molecule has 208 valence electrons. The Morgan fingerprint density at radius 3 is 2.62 bits per heavy atom. The zero-order valence-electron chi connectivity index (χ0n) is 22.0. The van der Waals surface area contributed by atoms with Crippen molar-refractivity contribution in [3.05, 3.63) is 46.8 Å². The summed E-state index contributed by atoms with van der Waals surface area (Å²) in [5.41, 5.74) is 1.40. The largest absolute Gasteiger partial charge is 0.458 e. The number of anilines is 1. The van der Waals surface area contributed by atoms with E-state index in [1.165, 1.54) is 12.1 Å². The van der Waals surface area contributed by atoms with Crippen LogP contribution in [0.3, 0.4) is 0 Å². The van der Waals surface area contributed by atoms with Gasteiger partial charge in [-0.2, -0.15) is 15.1 Å². The Kier molecular flexibility index (Phi) is 6.97. The Morgan fingerprint density at radius 2 is 1.93 bits per heavy atom. The molecular formula is C27H27Cl2FN8O2. The molecule has 1 amide bonds. The van der Waals surface area contributed by atoms with E-state index in [1.807, 2.05) is 7.05 Å². The van der Waals surface area contributed by atoms with Crippen molar-refractivity contribution in [2.24, 2.45) is 5.92 Å². The Bertz CT molecular complexity index is 1640. The number of carbonyl (C=O) groups is 1. The average molecular weight is 585 g/mol. The number of pyridine rings is 1. The van der Waals surface area contributed by atoms with E-state index in [9.17, 15) is 9.18 Å². The Labute approximate surface area is 239 Å². The number of hydrogen-bond donors (Lipinski definition) is 1. The molecule has 2 atom stereocenters. The zero-order chi connectivity index (χ0) is 28.1. The molecule has 2 aliphatic heterocycles. The molecule has 1 aromatic carbocycles. The highest BCUT2D eigenvalue weighted by atomic mass is 35.5. The molecule has 2 saturated heterocycles. The number of halogens is 3. The number of H-pyrrole nitrogens is 1. The molecule has 5 heterocycles. The number of nitrogens with one attached hydrogen (secondary N) is 1. The van der Waals surface area contributed by atoms with E-state index >= 15 is 0 Å². The number of nitrogens with zero attached hydrogens (tertiary/aromatic N) is 7. The van der Waals surface area contributed by atoms with Crippen molar-refractivity contribution >= 4 is 56.9 Å². The maximum atomic E-state index is 14.8. The van der Waals surface area contributed by atoms with E-state index in [0.717, 1.165) is 13.1 Å². The van der Waals surface area contributed by atoms with Crippen LogP contribution in [0.4, 0.5) is 10.2 Å². The summed E-state index contributed by atoms with van der Waals surface area (Å²) in [7, 11) is 2.05. The van der Waals surface area contributed by atoms with Crippen LogP contribution in [0.25, 0.3) is 33.2 Å². The Hall–Kier alpha value is -3.54. The van der Waals surface area contributed by atoms with E-state index in [0.29, 0.717) is 59.5 Å². The van der Waals surface area contributed by atoms with Gasteiger partial charge in [-0.1, -0.05) is 36.7 Å². The number of benzene rings is 1. The highest BCUT2D eigenvalue weighted by Gasteiger charge is 2.31. The van der Waals surface area contributed by atoms with Gasteiger partial charge in [0, 0.05) is 62.2 Å². The summed E-state index contributed by atoms with van der Waals surface area (Å²) >= 11 is 13.2. The fourth-order valence-electron chi connectivity index (χ4n) is 5.46. The van der Waals surface area contributed by atoms with E-state index in [1.54, 1.807) is 17.2 Å². The van der Waals surface area contributed by atoms with Crippen LogP contribution in [0.15, 0.2) is 31.0 Å². The summed E-state index contributed by atoms with van der Waals surface area (Å²) in [6, 6.07) is 3.20. The van der Waals surface area contributed by atoms with E-state index in [4.69, 9.17) is 37.9 Å². The Morgan fingerprint density at radius 1 is 1.15 bits per heavy atom. The smallest absolute Gasteiger partial charge is 0.320 e. The third-order valence-electron chi connectivity index (χ3n) is 7.52. The fraction of sp³-hybridized carbons (Fsp3) is 0.370. The predicted molar refractivity (Wildman–Crippen MR) is 152 cm³/mol. The number of piperazine rings is 1. The van der Waals surface area contributed by atoms with Crippen molar-refractivity contribution in [3.8, 4) is 17.3 Å². The van der Waals surface area contributed by atoms with Gasteiger partial charge < -0.3 is 19.4 Å². The number of likely N-dealkylation sites (tertiary alicyclic amines) is 1. The first-order valence-electron chi connectivity index (χ1n) is 12.9. The monoisotopic (exact) mass is 584 g/mol. The maximum Gasteiger partial charge on any atom is 0.320 e. The summed E-state index contributed by atoms with van der Waals surface area (Å²) in [6.07, 6.45) is 2.79. The average Bonchev–Trinajstić information content (AvgIpc) is 3.53. The number of carbonyl (C=O) groups excluding carboxylic acids is 1. The minimum atomic E-state index is -0.620. The van der Waals surface area contributed by atoms with Crippen LogP contribution in [0, 0.1) is 11.7 Å². The van der Waals surface area contributed by atoms with Gasteiger partial charge in [-0.05, 0) is 19.2 Å². The van der Waals surface area contributed by atoms with Crippen molar-refractivity contribution in [1.82, 2.24) is 34.9 Å². The lowest BCUT2D eigenvalue weighted by molar-refractivity contribution is -0.126. The summed E-state index contributed by atoms with van der Waals surface area (Å²) in [4.78, 5) is 32.4. The second-order valence-corrected chi connectivity index (χ2v) is 11.1. The third kappa shape index (κ3) is 4.71. The van der Waals surface area contributed by atoms with Crippen LogP contribution < -0.4 is 9.64 Å². The summed E-state index contributed by atoms with van der Waals surface area (Å²) < 4.78 is 21.1. The minimum absolute atomic E-state index is 0.0904.